The SMILES string of the molecule is CC[C@H](O)c1ccc(-c2ccccc2)cc1-c1ccccc1. The van der Waals surface area contributed by atoms with Gasteiger partial charge in [0.2, 0.25) is 0 Å². The van der Waals surface area contributed by atoms with E-state index in [1.54, 1.807) is 0 Å². The lowest BCUT2D eigenvalue weighted by Crippen LogP contribution is -1.98. The molecule has 0 amide bonds. The van der Waals surface area contributed by atoms with E-state index in [9.17, 15) is 5.11 Å². The first-order chi connectivity index (χ1) is 10.8. The quantitative estimate of drug-likeness (QED) is 0.675. The number of hydrogen-bond acceptors (Lipinski definition) is 1. The van der Waals surface area contributed by atoms with Crippen LogP contribution in [-0.2, 0) is 0 Å². The van der Waals surface area contributed by atoms with E-state index in [-0.39, 0.29) is 0 Å². The van der Waals surface area contributed by atoms with Crippen molar-refractivity contribution in [3.05, 3.63) is 84.4 Å². The monoisotopic (exact) mass is 288 g/mol. The van der Waals surface area contributed by atoms with Crippen molar-refractivity contribution in [1.82, 2.24) is 0 Å². The Morgan fingerprint density at radius 1 is 0.727 bits per heavy atom. The Balaban J connectivity index is 2.15. The van der Waals surface area contributed by atoms with E-state index >= 15 is 0 Å². The zero-order chi connectivity index (χ0) is 15.4. The molecule has 1 N–H and O–H groups in total. The molecule has 0 aliphatic rings. The predicted octanol–water partition coefficient (Wildman–Crippen LogP) is 5.46. The van der Waals surface area contributed by atoms with Crippen LogP contribution in [0.5, 0.6) is 0 Å². The third-order valence-electron chi connectivity index (χ3n) is 3.99. The summed E-state index contributed by atoms with van der Waals surface area (Å²) in [5, 5.41) is 10.3. The van der Waals surface area contributed by atoms with Crippen LogP contribution in [0, 0.1) is 0 Å². The van der Waals surface area contributed by atoms with Gasteiger partial charge >= 0.3 is 0 Å². The second-order valence-corrected chi connectivity index (χ2v) is 5.46. The maximum absolute atomic E-state index is 10.3. The van der Waals surface area contributed by atoms with Crippen LogP contribution in [0.4, 0.5) is 0 Å². The fraction of sp³-hybridized carbons (Fsp3) is 0.143. The fourth-order valence-corrected chi connectivity index (χ4v) is 2.74. The van der Waals surface area contributed by atoms with Gasteiger partial charge in [0, 0.05) is 0 Å². The van der Waals surface area contributed by atoms with Gasteiger partial charge in [0.1, 0.15) is 0 Å². The zero-order valence-corrected chi connectivity index (χ0v) is 12.7. The summed E-state index contributed by atoms with van der Waals surface area (Å²) < 4.78 is 0. The number of rotatable bonds is 4. The maximum atomic E-state index is 10.3. The summed E-state index contributed by atoms with van der Waals surface area (Å²) in [4.78, 5) is 0. The summed E-state index contributed by atoms with van der Waals surface area (Å²) in [6.45, 7) is 2.00. The van der Waals surface area contributed by atoms with Crippen molar-refractivity contribution in [3.8, 4) is 22.3 Å². The van der Waals surface area contributed by atoms with Gasteiger partial charge in [-0.1, -0.05) is 79.7 Å². The van der Waals surface area contributed by atoms with Crippen molar-refractivity contribution in [3.63, 3.8) is 0 Å². The molecule has 3 aromatic carbocycles. The molecule has 0 fully saturated rings. The Kier molecular flexibility index (Phi) is 4.36. The van der Waals surface area contributed by atoms with Gasteiger partial charge in [-0.05, 0) is 40.3 Å². The van der Waals surface area contributed by atoms with Crippen LogP contribution >= 0.6 is 0 Å². The van der Waals surface area contributed by atoms with Crippen LogP contribution in [0.25, 0.3) is 22.3 Å². The molecule has 0 aromatic heterocycles. The van der Waals surface area contributed by atoms with Crippen molar-refractivity contribution in [2.24, 2.45) is 0 Å². The van der Waals surface area contributed by atoms with Gasteiger partial charge in [-0.15, -0.1) is 0 Å². The van der Waals surface area contributed by atoms with E-state index in [0.29, 0.717) is 6.42 Å². The lowest BCUT2D eigenvalue weighted by Gasteiger charge is -2.16. The molecule has 0 saturated carbocycles. The van der Waals surface area contributed by atoms with Gasteiger partial charge < -0.3 is 5.11 Å². The molecule has 110 valence electrons. The second kappa shape index (κ2) is 6.59. The molecule has 0 aliphatic heterocycles. The smallest absolute Gasteiger partial charge is 0.0793 e. The van der Waals surface area contributed by atoms with E-state index in [0.717, 1.165) is 16.7 Å². The summed E-state index contributed by atoms with van der Waals surface area (Å²) >= 11 is 0. The highest BCUT2D eigenvalue weighted by Crippen LogP contribution is 2.33. The van der Waals surface area contributed by atoms with Crippen molar-refractivity contribution < 1.29 is 5.11 Å². The molecule has 0 saturated heterocycles. The molecule has 3 rings (SSSR count). The summed E-state index contributed by atoms with van der Waals surface area (Å²) in [7, 11) is 0. The highest BCUT2D eigenvalue weighted by atomic mass is 16.3. The Labute approximate surface area is 131 Å². The average molecular weight is 288 g/mol. The lowest BCUT2D eigenvalue weighted by molar-refractivity contribution is 0.174. The van der Waals surface area contributed by atoms with Crippen molar-refractivity contribution in [2.45, 2.75) is 19.4 Å². The van der Waals surface area contributed by atoms with Crippen LogP contribution in [0.3, 0.4) is 0 Å². The van der Waals surface area contributed by atoms with Crippen molar-refractivity contribution in [1.29, 1.82) is 0 Å². The first kappa shape index (κ1) is 14.6. The molecule has 0 spiro atoms. The minimum Gasteiger partial charge on any atom is -0.388 e. The van der Waals surface area contributed by atoms with Crippen LogP contribution < -0.4 is 0 Å². The van der Waals surface area contributed by atoms with Gasteiger partial charge in [0.25, 0.3) is 0 Å². The van der Waals surface area contributed by atoms with E-state index in [1.165, 1.54) is 11.1 Å². The first-order valence-corrected chi connectivity index (χ1v) is 7.72. The fourth-order valence-electron chi connectivity index (χ4n) is 2.74. The molecule has 0 radical (unpaired) electrons. The third kappa shape index (κ3) is 2.95. The number of aliphatic hydroxyl groups excluding tert-OH is 1. The maximum Gasteiger partial charge on any atom is 0.0793 e. The molecule has 0 heterocycles. The summed E-state index contributed by atoms with van der Waals surface area (Å²) in [5.41, 5.74) is 5.61. The molecule has 1 atom stereocenters. The molecule has 0 aliphatic carbocycles. The topological polar surface area (TPSA) is 20.2 Å². The highest BCUT2D eigenvalue weighted by molar-refractivity contribution is 5.75. The summed E-state index contributed by atoms with van der Waals surface area (Å²) in [5.74, 6) is 0. The van der Waals surface area contributed by atoms with Crippen molar-refractivity contribution >= 4 is 0 Å². The molecular formula is C21H20O. The molecule has 0 unspecified atom stereocenters. The van der Waals surface area contributed by atoms with E-state index < -0.39 is 6.10 Å². The molecule has 1 nitrogen and oxygen atoms in total. The number of hydrogen-bond donors (Lipinski definition) is 1. The Morgan fingerprint density at radius 2 is 1.32 bits per heavy atom. The van der Waals surface area contributed by atoms with Gasteiger partial charge in [0.05, 0.1) is 6.10 Å². The molecule has 3 aromatic rings. The summed E-state index contributed by atoms with van der Waals surface area (Å²) in [6, 6.07) is 26.9. The predicted molar refractivity (Wildman–Crippen MR) is 92.6 cm³/mol. The van der Waals surface area contributed by atoms with Gasteiger partial charge in [0.15, 0.2) is 0 Å². The van der Waals surface area contributed by atoms with E-state index in [2.05, 4.69) is 42.5 Å². The van der Waals surface area contributed by atoms with Gasteiger partial charge in [-0.25, -0.2) is 0 Å². The van der Waals surface area contributed by atoms with Crippen LogP contribution in [0.2, 0.25) is 0 Å². The van der Waals surface area contributed by atoms with Crippen LogP contribution in [-0.4, -0.2) is 5.11 Å². The first-order valence-electron chi connectivity index (χ1n) is 7.72. The Hall–Kier alpha value is -2.38. The van der Waals surface area contributed by atoms with Gasteiger partial charge in [-0.3, -0.25) is 0 Å². The number of benzene rings is 3. The third-order valence-corrected chi connectivity index (χ3v) is 3.99. The molecular weight excluding hydrogens is 268 g/mol. The highest BCUT2D eigenvalue weighted by Gasteiger charge is 2.13. The average Bonchev–Trinajstić information content (AvgIpc) is 2.62. The van der Waals surface area contributed by atoms with Crippen LogP contribution in [0.1, 0.15) is 25.0 Å². The summed E-state index contributed by atoms with van der Waals surface area (Å²) in [6.07, 6.45) is 0.282. The molecule has 1 heteroatoms. The largest absolute Gasteiger partial charge is 0.388 e. The Bertz CT molecular complexity index is 732. The second-order valence-electron chi connectivity index (χ2n) is 5.46. The normalized spacial score (nSPS) is 12.1. The van der Waals surface area contributed by atoms with Crippen molar-refractivity contribution in [2.75, 3.05) is 0 Å². The standard InChI is InChI=1S/C21H20O/c1-2-21(22)19-14-13-18(16-9-5-3-6-10-16)15-20(19)17-11-7-4-8-12-17/h3-15,21-22H,2H2,1H3/t21-/m0/s1. The van der Waals surface area contributed by atoms with Gasteiger partial charge in [-0.2, -0.15) is 0 Å². The van der Waals surface area contributed by atoms with E-state index in [4.69, 9.17) is 0 Å². The van der Waals surface area contributed by atoms with Crippen LogP contribution in [0.15, 0.2) is 78.9 Å². The molecule has 0 bridgehead atoms. The molecule has 22 heavy (non-hydrogen) atoms. The lowest BCUT2D eigenvalue weighted by atomic mass is 9.91. The van der Waals surface area contributed by atoms with E-state index in [1.807, 2.05) is 43.3 Å². The Morgan fingerprint density at radius 3 is 1.91 bits per heavy atom. The zero-order valence-electron chi connectivity index (χ0n) is 12.7. The minimum absolute atomic E-state index is 0.431. The minimum atomic E-state index is -0.431. The number of aliphatic hydroxyl groups is 1.